The van der Waals surface area contributed by atoms with Crippen LogP contribution in [0.25, 0.3) is 10.6 Å². The number of nitrogens with one attached hydrogen (secondary N) is 1. The lowest BCUT2D eigenvalue weighted by Crippen LogP contribution is -2.40. The quantitative estimate of drug-likeness (QED) is 0.602. The molecular weight excluding hydrogens is 402 g/mol. The van der Waals surface area contributed by atoms with E-state index in [-0.39, 0.29) is 5.91 Å². The van der Waals surface area contributed by atoms with Crippen LogP contribution in [0.3, 0.4) is 0 Å². The molecule has 1 unspecified atom stereocenters. The van der Waals surface area contributed by atoms with E-state index in [1.807, 2.05) is 41.0 Å². The summed E-state index contributed by atoms with van der Waals surface area (Å²) in [5.41, 5.74) is 1.48. The second-order valence-electron chi connectivity index (χ2n) is 7.30. The Morgan fingerprint density at radius 2 is 2.14 bits per heavy atom. The highest BCUT2D eigenvalue weighted by Gasteiger charge is 2.21. The van der Waals surface area contributed by atoms with E-state index >= 15 is 0 Å². The second kappa shape index (κ2) is 9.52. The van der Waals surface area contributed by atoms with Crippen LogP contribution < -0.4 is 10.1 Å². The van der Waals surface area contributed by atoms with Gasteiger partial charge in [0.2, 0.25) is 0 Å². The van der Waals surface area contributed by atoms with E-state index in [9.17, 15) is 4.79 Å². The van der Waals surface area contributed by atoms with Gasteiger partial charge in [0.25, 0.3) is 5.91 Å². The number of carbonyl (C=O) groups excluding carboxylic acids is 1. The fourth-order valence-electron chi connectivity index (χ4n) is 3.66. The van der Waals surface area contributed by atoms with Crippen molar-refractivity contribution in [3.05, 3.63) is 57.7 Å². The van der Waals surface area contributed by atoms with Gasteiger partial charge in [0.05, 0.1) is 7.11 Å². The molecule has 2 aromatic heterocycles. The van der Waals surface area contributed by atoms with Crippen molar-refractivity contribution in [1.82, 2.24) is 15.2 Å². The molecule has 1 fully saturated rings. The Kier molecular flexibility index (Phi) is 6.59. The lowest BCUT2D eigenvalue weighted by atomic mass is 9.98. The molecule has 1 aliphatic rings. The second-order valence-corrected chi connectivity index (χ2v) is 9.19. The summed E-state index contributed by atoms with van der Waals surface area (Å²) in [5, 5.41) is 7.90. The molecule has 152 valence electrons. The van der Waals surface area contributed by atoms with Crippen LogP contribution in [0.4, 0.5) is 0 Å². The maximum Gasteiger partial charge on any atom is 0.270 e. The fraction of sp³-hybridized carbons (Fsp3) is 0.364. The van der Waals surface area contributed by atoms with Gasteiger partial charge >= 0.3 is 0 Å². The average Bonchev–Trinajstić information content (AvgIpc) is 3.45. The van der Waals surface area contributed by atoms with Crippen molar-refractivity contribution in [2.75, 3.05) is 26.7 Å². The van der Waals surface area contributed by atoms with E-state index in [1.54, 1.807) is 7.11 Å². The number of thiazole rings is 1. The van der Waals surface area contributed by atoms with Crippen LogP contribution in [0.5, 0.6) is 5.75 Å². The molecule has 1 aliphatic heterocycles. The van der Waals surface area contributed by atoms with Gasteiger partial charge in [-0.25, -0.2) is 4.98 Å². The summed E-state index contributed by atoms with van der Waals surface area (Å²) in [4.78, 5) is 21.0. The normalized spacial score (nSPS) is 17.2. The first kappa shape index (κ1) is 20.1. The standard InChI is InChI=1S/C22H25N3O2S2/c1-27-18-8-6-17(7-9-18)22-24-20(15-29-22)21(26)23-12-16-4-2-10-25(13-16)14-19-5-3-11-28-19/h3,5-9,11,15-16H,2,4,10,12-14H2,1H3,(H,23,26). The van der Waals surface area contributed by atoms with Gasteiger partial charge in [-0.2, -0.15) is 0 Å². The number of benzene rings is 1. The van der Waals surface area contributed by atoms with Crippen LogP contribution in [0.15, 0.2) is 47.2 Å². The van der Waals surface area contributed by atoms with Gasteiger partial charge in [0, 0.05) is 35.5 Å². The smallest absolute Gasteiger partial charge is 0.270 e. The van der Waals surface area contributed by atoms with E-state index in [0.717, 1.165) is 42.4 Å². The van der Waals surface area contributed by atoms with Gasteiger partial charge in [-0.15, -0.1) is 22.7 Å². The molecule has 0 spiro atoms. The Balaban J connectivity index is 1.29. The highest BCUT2D eigenvalue weighted by atomic mass is 32.1. The summed E-state index contributed by atoms with van der Waals surface area (Å²) in [5.74, 6) is 1.22. The number of carbonyl (C=O) groups is 1. The number of thiophene rings is 1. The number of rotatable bonds is 7. The summed E-state index contributed by atoms with van der Waals surface area (Å²) < 4.78 is 5.19. The highest BCUT2D eigenvalue weighted by Crippen LogP contribution is 2.26. The summed E-state index contributed by atoms with van der Waals surface area (Å²) >= 11 is 3.30. The third kappa shape index (κ3) is 5.23. The first-order valence-corrected chi connectivity index (χ1v) is 11.6. The minimum atomic E-state index is -0.0867. The zero-order chi connectivity index (χ0) is 20.1. The van der Waals surface area contributed by atoms with E-state index in [4.69, 9.17) is 4.74 Å². The zero-order valence-electron chi connectivity index (χ0n) is 16.5. The molecule has 0 aliphatic carbocycles. The Hall–Kier alpha value is -2.22. The molecule has 29 heavy (non-hydrogen) atoms. The monoisotopic (exact) mass is 427 g/mol. The summed E-state index contributed by atoms with van der Waals surface area (Å²) in [6.07, 6.45) is 2.35. The number of likely N-dealkylation sites (tertiary alicyclic amines) is 1. The van der Waals surface area contributed by atoms with Crippen molar-refractivity contribution in [2.24, 2.45) is 5.92 Å². The molecule has 1 amide bonds. The first-order chi connectivity index (χ1) is 14.2. The largest absolute Gasteiger partial charge is 0.497 e. The minimum Gasteiger partial charge on any atom is -0.497 e. The maximum atomic E-state index is 12.6. The predicted octanol–water partition coefficient (Wildman–Crippen LogP) is 4.52. The van der Waals surface area contributed by atoms with E-state index in [0.29, 0.717) is 18.2 Å². The van der Waals surface area contributed by atoms with Crippen LogP contribution >= 0.6 is 22.7 Å². The van der Waals surface area contributed by atoms with Gasteiger partial charge in [-0.1, -0.05) is 6.07 Å². The molecule has 4 rings (SSSR count). The summed E-state index contributed by atoms with van der Waals surface area (Å²) in [6.45, 7) is 3.89. The Morgan fingerprint density at radius 3 is 2.90 bits per heavy atom. The van der Waals surface area contributed by atoms with Gasteiger partial charge in [0.15, 0.2) is 0 Å². The van der Waals surface area contributed by atoms with Crippen molar-refractivity contribution >= 4 is 28.6 Å². The number of nitrogens with zero attached hydrogens (tertiary/aromatic N) is 2. The number of methoxy groups -OCH3 is 1. The highest BCUT2D eigenvalue weighted by molar-refractivity contribution is 7.13. The van der Waals surface area contributed by atoms with Crippen LogP contribution in [-0.4, -0.2) is 42.5 Å². The summed E-state index contributed by atoms with van der Waals surface area (Å²) in [7, 11) is 1.65. The van der Waals surface area contributed by atoms with Gasteiger partial charge < -0.3 is 10.1 Å². The van der Waals surface area contributed by atoms with E-state index < -0.39 is 0 Å². The molecule has 1 aromatic carbocycles. The molecular formula is C22H25N3O2S2. The molecule has 1 saturated heterocycles. The number of amides is 1. The molecule has 1 atom stereocenters. The average molecular weight is 428 g/mol. The Labute approximate surface area is 179 Å². The number of hydrogen-bond donors (Lipinski definition) is 1. The SMILES string of the molecule is COc1ccc(-c2nc(C(=O)NCC3CCCN(Cc4cccs4)C3)cs2)cc1. The van der Waals surface area contributed by atoms with Crippen molar-refractivity contribution in [1.29, 1.82) is 0 Å². The third-order valence-corrected chi connectivity index (χ3v) is 6.94. The van der Waals surface area contributed by atoms with Crippen molar-refractivity contribution < 1.29 is 9.53 Å². The molecule has 7 heteroatoms. The van der Waals surface area contributed by atoms with Gasteiger partial charge in [-0.3, -0.25) is 9.69 Å². The molecule has 5 nitrogen and oxygen atoms in total. The lowest BCUT2D eigenvalue weighted by Gasteiger charge is -2.32. The van der Waals surface area contributed by atoms with Crippen LogP contribution in [-0.2, 0) is 6.54 Å². The minimum absolute atomic E-state index is 0.0867. The number of ether oxygens (including phenoxy) is 1. The van der Waals surface area contributed by atoms with Crippen molar-refractivity contribution in [3.63, 3.8) is 0 Å². The molecule has 0 saturated carbocycles. The predicted molar refractivity (Wildman–Crippen MR) is 119 cm³/mol. The van der Waals surface area contributed by atoms with Crippen molar-refractivity contribution in [3.8, 4) is 16.3 Å². The first-order valence-electron chi connectivity index (χ1n) is 9.84. The number of hydrogen-bond acceptors (Lipinski definition) is 6. The zero-order valence-corrected chi connectivity index (χ0v) is 18.1. The van der Waals surface area contributed by atoms with E-state index in [1.165, 1.54) is 22.6 Å². The van der Waals surface area contributed by atoms with Crippen molar-refractivity contribution in [2.45, 2.75) is 19.4 Å². The van der Waals surface area contributed by atoms with Crippen LogP contribution in [0, 0.1) is 5.92 Å². The van der Waals surface area contributed by atoms with Crippen LogP contribution in [0.1, 0.15) is 28.2 Å². The molecule has 1 N–H and O–H groups in total. The Bertz CT molecular complexity index is 922. The van der Waals surface area contributed by atoms with Crippen LogP contribution in [0.2, 0.25) is 0 Å². The fourth-order valence-corrected chi connectivity index (χ4v) is 5.21. The molecule has 3 aromatic rings. The number of aromatic nitrogens is 1. The van der Waals surface area contributed by atoms with Gasteiger partial charge in [-0.05, 0) is 61.0 Å². The maximum absolute atomic E-state index is 12.6. The molecule has 3 heterocycles. The summed E-state index contributed by atoms with van der Waals surface area (Å²) in [6, 6.07) is 12.0. The van der Waals surface area contributed by atoms with E-state index in [2.05, 4.69) is 32.7 Å². The Morgan fingerprint density at radius 1 is 1.28 bits per heavy atom. The lowest BCUT2D eigenvalue weighted by molar-refractivity contribution is 0.0926. The third-order valence-electron chi connectivity index (χ3n) is 5.19. The molecule has 0 radical (unpaired) electrons. The topological polar surface area (TPSA) is 54.5 Å². The number of piperidine rings is 1. The van der Waals surface area contributed by atoms with Gasteiger partial charge in [0.1, 0.15) is 16.5 Å². The molecule has 0 bridgehead atoms.